The average molecular weight is 266 g/mol. The van der Waals surface area contributed by atoms with Crippen LogP contribution in [0.1, 0.15) is 27.2 Å². The van der Waals surface area contributed by atoms with Crippen molar-refractivity contribution in [2.75, 3.05) is 19.7 Å². The summed E-state index contributed by atoms with van der Waals surface area (Å²) in [6.07, 6.45) is 2.11. The van der Waals surface area contributed by atoms with Crippen LogP contribution in [0.25, 0.3) is 0 Å². The predicted molar refractivity (Wildman–Crippen MR) is 73.7 cm³/mol. The summed E-state index contributed by atoms with van der Waals surface area (Å²) in [6, 6.07) is 3.50. The molecule has 5 heteroatoms. The molecule has 0 spiro atoms. The summed E-state index contributed by atoms with van der Waals surface area (Å²) >= 11 is 0. The highest BCUT2D eigenvalue weighted by atomic mass is 16.5. The van der Waals surface area contributed by atoms with E-state index in [9.17, 15) is 4.79 Å². The number of rotatable bonds is 9. The van der Waals surface area contributed by atoms with Gasteiger partial charge >= 0.3 is 0 Å². The summed E-state index contributed by atoms with van der Waals surface area (Å²) in [5, 5.41) is 3.20. The van der Waals surface area contributed by atoms with Crippen molar-refractivity contribution in [3.63, 3.8) is 0 Å². The first-order valence-corrected chi connectivity index (χ1v) is 6.63. The number of ketones is 1. The lowest BCUT2D eigenvalue weighted by atomic mass is 10.3. The number of nitrogens with one attached hydrogen (secondary N) is 1. The van der Waals surface area contributed by atoms with Gasteiger partial charge in [-0.05, 0) is 19.5 Å². The summed E-state index contributed by atoms with van der Waals surface area (Å²) in [5.41, 5.74) is 0. The molecule has 0 unspecified atom stereocenters. The first kappa shape index (κ1) is 15.4. The minimum atomic E-state index is 0.0564. The van der Waals surface area contributed by atoms with E-state index in [1.165, 1.54) is 0 Å². The number of carbonyl (C=O) groups is 1. The lowest BCUT2D eigenvalue weighted by molar-refractivity contribution is -0.120. The zero-order valence-electron chi connectivity index (χ0n) is 11.8. The number of hydrogen-bond acceptors (Lipinski definition) is 5. The maximum absolute atomic E-state index is 11.1. The Kier molecular flexibility index (Phi) is 6.89. The Labute approximate surface area is 114 Å². The molecule has 0 aliphatic carbocycles. The minimum Gasteiger partial charge on any atom is -0.484 e. The molecule has 0 aromatic carbocycles. The SMILES string of the molecule is CCNC[C@H](C)Oc1ccc(OCC(=O)CC)cn1. The molecule has 5 nitrogen and oxygen atoms in total. The van der Waals surface area contributed by atoms with Gasteiger partial charge in [-0.25, -0.2) is 4.98 Å². The Hall–Kier alpha value is -1.62. The number of aromatic nitrogens is 1. The molecule has 0 fully saturated rings. The van der Waals surface area contributed by atoms with Gasteiger partial charge in [0.25, 0.3) is 0 Å². The van der Waals surface area contributed by atoms with Gasteiger partial charge in [0.05, 0.1) is 6.20 Å². The quantitative estimate of drug-likeness (QED) is 0.738. The van der Waals surface area contributed by atoms with Gasteiger partial charge in [-0.15, -0.1) is 0 Å². The van der Waals surface area contributed by atoms with Crippen molar-refractivity contribution in [1.29, 1.82) is 0 Å². The van der Waals surface area contributed by atoms with Gasteiger partial charge < -0.3 is 14.8 Å². The van der Waals surface area contributed by atoms with Crippen LogP contribution in [0.3, 0.4) is 0 Å². The highest BCUT2D eigenvalue weighted by Crippen LogP contribution is 2.14. The normalized spacial score (nSPS) is 11.9. The van der Waals surface area contributed by atoms with E-state index in [1.54, 1.807) is 18.3 Å². The molecule has 0 bridgehead atoms. The lowest BCUT2D eigenvalue weighted by Gasteiger charge is -2.14. The molecule has 1 aromatic heterocycles. The van der Waals surface area contributed by atoms with E-state index < -0.39 is 0 Å². The third-order valence-corrected chi connectivity index (χ3v) is 2.51. The van der Waals surface area contributed by atoms with Crippen LogP contribution in [0.5, 0.6) is 11.6 Å². The summed E-state index contributed by atoms with van der Waals surface area (Å²) in [7, 11) is 0. The first-order chi connectivity index (χ1) is 9.15. The largest absolute Gasteiger partial charge is 0.484 e. The van der Waals surface area contributed by atoms with Gasteiger partial charge in [-0.3, -0.25) is 4.79 Å². The predicted octanol–water partition coefficient (Wildman–Crippen LogP) is 1.82. The third-order valence-electron chi connectivity index (χ3n) is 2.51. The van der Waals surface area contributed by atoms with Crippen molar-refractivity contribution >= 4 is 5.78 Å². The van der Waals surface area contributed by atoms with Crippen molar-refractivity contribution in [3.8, 4) is 11.6 Å². The third kappa shape index (κ3) is 6.20. The van der Waals surface area contributed by atoms with Crippen molar-refractivity contribution in [3.05, 3.63) is 18.3 Å². The Bertz CT molecular complexity index is 379. The smallest absolute Gasteiger partial charge is 0.213 e. The van der Waals surface area contributed by atoms with Gasteiger partial charge in [0.1, 0.15) is 18.5 Å². The van der Waals surface area contributed by atoms with Crippen LogP contribution in [0.4, 0.5) is 0 Å². The molecule has 0 aliphatic rings. The topological polar surface area (TPSA) is 60.5 Å². The molecular weight excluding hydrogens is 244 g/mol. The van der Waals surface area contributed by atoms with Crippen LogP contribution in [0.15, 0.2) is 18.3 Å². The molecule has 1 heterocycles. The van der Waals surface area contributed by atoms with Crippen molar-refractivity contribution in [1.82, 2.24) is 10.3 Å². The van der Waals surface area contributed by atoms with Crippen LogP contribution >= 0.6 is 0 Å². The Balaban J connectivity index is 2.40. The standard InChI is InChI=1S/C14H22N2O3/c1-4-12(17)10-18-13-6-7-14(16-9-13)19-11(3)8-15-5-2/h6-7,9,11,15H,4-5,8,10H2,1-3H3/t11-/m0/s1. The fourth-order valence-corrected chi connectivity index (χ4v) is 1.38. The van der Waals surface area contributed by atoms with E-state index in [1.807, 2.05) is 13.8 Å². The molecule has 106 valence electrons. The van der Waals surface area contributed by atoms with E-state index in [2.05, 4.69) is 17.2 Å². The molecule has 0 radical (unpaired) electrons. The molecule has 1 atom stereocenters. The monoisotopic (exact) mass is 266 g/mol. The molecule has 0 amide bonds. The van der Waals surface area contributed by atoms with Gasteiger partial charge in [-0.1, -0.05) is 13.8 Å². The van der Waals surface area contributed by atoms with E-state index in [-0.39, 0.29) is 18.5 Å². The van der Waals surface area contributed by atoms with Crippen molar-refractivity contribution in [2.24, 2.45) is 0 Å². The number of nitrogens with zero attached hydrogens (tertiary/aromatic N) is 1. The lowest BCUT2D eigenvalue weighted by Crippen LogP contribution is -2.28. The van der Waals surface area contributed by atoms with Crippen LogP contribution in [0, 0.1) is 0 Å². The maximum Gasteiger partial charge on any atom is 0.213 e. The fraction of sp³-hybridized carbons (Fsp3) is 0.571. The van der Waals surface area contributed by atoms with Gasteiger partial charge in [-0.2, -0.15) is 0 Å². The number of hydrogen-bond donors (Lipinski definition) is 1. The van der Waals surface area contributed by atoms with Crippen LogP contribution in [-0.2, 0) is 4.79 Å². The molecule has 19 heavy (non-hydrogen) atoms. The molecule has 1 N–H and O–H groups in total. The molecule has 1 rings (SSSR count). The number of pyridine rings is 1. The second kappa shape index (κ2) is 8.48. The van der Waals surface area contributed by atoms with Gasteiger partial charge in [0.2, 0.25) is 5.88 Å². The number of ether oxygens (including phenoxy) is 2. The molecule has 0 saturated carbocycles. The average Bonchev–Trinajstić information content (AvgIpc) is 2.44. The van der Waals surface area contributed by atoms with E-state index in [4.69, 9.17) is 9.47 Å². The molecule has 0 saturated heterocycles. The Morgan fingerprint density at radius 3 is 2.79 bits per heavy atom. The van der Waals surface area contributed by atoms with Gasteiger partial charge in [0.15, 0.2) is 5.78 Å². The minimum absolute atomic E-state index is 0.0564. The van der Waals surface area contributed by atoms with Crippen LogP contribution in [-0.4, -0.2) is 36.6 Å². The van der Waals surface area contributed by atoms with E-state index in [0.717, 1.165) is 13.1 Å². The van der Waals surface area contributed by atoms with E-state index in [0.29, 0.717) is 18.1 Å². The Morgan fingerprint density at radius 1 is 1.42 bits per heavy atom. The number of likely N-dealkylation sites (N-methyl/N-ethyl adjacent to an activating group) is 1. The Morgan fingerprint density at radius 2 is 2.21 bits per heavy atom. The number of Topliss-reactive ketones (excluding diaryl/α,β-unsaturated/α-hetero) is 1. The fourth-order valence-electron chi connectivity index (χ4n) is 1.38. The zero-order valence-corrected chi connectivity index (χ0v) is 11.8. The summed E-state index contributed by atoms with van der Waals surface area (Å²) in [4.78, 5) is 15.3. The highest BCUT2D eigenvalue weighted by Gasteiger charge is 2.05. The highest BCUT2D eigenvalue weighted by molar-refractivity contribution is 5.79. The van der Waals surface area contributed by atoms with Crippen LogP contribution < -0.4 is 14.8 Å². The number of carbonyl (C=O) groups excluding carboxylic acids is 1. The first-order valence-electron chi connectivity index (χ1n) is 6.63. The van der Waals surface area contributed by atoms with Crippen molar-refractivity contribution < 1.29 is 14.3 Å². The molecule has 0 aliphatic heterocycles. The molecular formula is C14H22N2O3. The summed E-state index contributed by atoms with van der Waals surface area (Å²) < 4.78 is 10.9. The van der Waals surface area contributed by atoms with E-state index >= 15 is 0 Å². The summed E-state index contributed by atoms with van der Waals surface area (Å²) in [5.74, 6) is 1.20. The van der Waals surface area contributed by atoms with Gasteiger partial charge in [0, 0.05) is 19.0 Å². The van der Waals surface area contributed by atoms with Crippen LogP contribution in [0.2, 0.25) is 0 Å². The second-order valence-electron chi connectivity index (χ2n) is 4.25. The molecule has 1 aromatic rings. The van der Waals surface area contributed by atoms with Crippen molar-refractivity contribution in [2.45, 2.75) is 33.3 Å². The zero-order chi connectivity index (χ0) is 14.1. The second-order valence-corrected chi connectivity index (χ2v) is 4.25. The summed E-state index contributed by atoms with van der Waals surface area (Å²) in [6.45, 7) is 7.63. The maximum atomic E-state index is 11.1.